The summed E-state index contributed by atoms with van der Waals surface area (Å²) in [5.74, 6) is 0. The van der Waals surface area contributed by atoms with Gasteiger partial charge in [-0.2, -0.15) is 0 Å². The number of benzene rings is 9. The van der Waals surface area contributed by atoms with Gasteiger partial charge in [-0.15, -0.1) is 11.3 Å². The van der Waals surface area contributed by atoms with Crippen LogP contribution in [0.2, 0.25) is 0 Å². The first-order valence-electron chi connectivity index (χ1n) is 18.7. The Hall–Kier alpha value is -6.94. The molecule has 11 aromatic rings. The highest BCUT2D eigenvalue weighted by Gasteiger charge is 2.22. The Balaban J connectivity index is 1.08. The number of thiophene rings is 1. The maximum Gasteiger partial charge on any atom is 0.137 e. The van der Waals surface area contributed by atoms with Gasteiger partial charge in [-0.05, 0) is 99.3 Å². The van der Waals surface area contributed by atoms with Crippen LogP contribution in [0, 0.1) is 0 Å². The molecule has 0 atom stereocenters. The Labute approximate surface area is 322 Å². The second kappa shape index (κ2) is 12.9. The Morgan fingerprint density at radius 1 is 0.364 bits per heavy atom. The molecule has 55 heavy (non-hydrogen) atoms. The fraction of sp³-hybridized carbons (Fsp3) is 0. The van der Waals surface area contributed by atoms with Crippen molar-refractivity contribution in [2.45, 2.75) is 0 Å². The second-order valence-electron chi connectivity index (χ2n) is 14.1. The molecular weight excluding hydrogens is 687 g/mol. The van der Waals surface area contributed by atoms with Crippen LogP contribution in [0.15, 0.2) is 205 Å². The third kappa shape index (κ3) is 5.32. The van der Waals surface area contributed by atoms with Crippen molar-refractivity contribution in [1.29, 1.82) is 0 Å². The van der Waals surface area contributed by atoms with Gasteiger partial charge in [-0.1, -0.05) is 140 Å². The lowest BCUT2D eigenvalue weighted by molar-refractivity contribution is 0.669. The van der Waals surface area contributed by atoms with Crippen molar-refractivity contribution in [3.05, 3.63) is 200 Å². The maximum absolute atomic E-state index is 6.44. The Kier molecular flexibility index (Phi) is 7.39. The molecule has 11 rings (SSSR count). The molecule has 0 fully saturated rings. The van der Waals surface area contributed by atoms with Crippen LogP contribution in [0.3, 0.4) is 0 Å². The van der Waals surface area contributed by atoms with E-state index in [-0.39, 0.29) is 0 Å². The van der Waals surface area contributed by atoms with Crippen LogP contribution in [-0.4, -0.2) is 0 Å². The Morgan fingerprint density at radius 3 is 1.91 bits per heavy atom. The van der Waals surface area contributed by atoms with Crippen molar-refractivity contribution in [2.24, 2.45) is 0 Å². The van der Waals surface area contributed by atoms with Crippen molar-refractivity contribution < 1.29 is 4.42 Å². The third-order valence-electron chi connectivity index (χ3n) is 10.9. The van der Waals surface area contributed by atoms with Gasteiger partial charge in [-0.25, -0.2) is 0 Å². The van der Waals surface area contributed by atoms with Crippen LogP contribution in [0.5, 0.6) is 0 Å². The van der Waals surface area contributed by atoms with E-state index >= 15 is 0 Å². The first-order chi connectivity index (χ1) is 27.3. The van der Waals surface area contributed by atoms with E-state index < -0.39 is 0 Å². The molecule has 258 valence electrons. The lowest BCUT2D eigenvalue weighted by Gasteiger charge is -2.28. The zero-order valence-corrected chi connectivity index (χ0v) is 30.6. The maximum atomic E-state index is 6.44. The van der Waals surface area contributed by atoms with Crippen molar-refractivity contribution in [2.75, 3.05) is 4.90 Å². The zero-order valence-electron chi connectivity index (χ0n) is 29.8. The van der Waals surface area contributed by atoms with Crippen molar-refractivity contribution >= 4 is 81.3 Å². The first kappa shape index (κ1) is 31.6. The number of anilines is 3. The summed E-state index contributed by atoms with van der Waals surface area (Å²) in [5.41, 5.74) is 12.1. The van der Waals surface area contributed by atoms with Gasteiger partial charge < -0.3 is 9.32 Å². The van der Waals surface area contributed by atoms with Gasteiger partial charge in [0.1, 0.15) is 11.2 Å². The largest absolute Gasteiger partial charge is 0.456 e. The predicted octanol–water partition coefficient (Wildman–Crippen LogP) is 15.6. The van der Waals surface area contributed by atoms with Gasteiger partial charge in [0.2, 0.25) is 0 Å². The SMILES string of the molecule is c1cc(-c2ccc(N(c3ccccc3-c3ccc4sc5ccccc5c4c3)c3cccc4oc5ccccc5c34)cc2)cc(-c2cccc3ccccc23)c1. The molecule has 0 amide bonds. The van der Waals surface area contributed by atoms with Crippen LogP contribution in [0.1, 0.15) is 0 Å². The molecule has 9 aromatic carbocycles. The standard InChI is InChI=1S/C52H33NOS/c1-2-16-40-35(12-1)13-10-20-41(40)37-15-9-14-36(32-37)34-26-29-39(30-27-34)53(47-22-11-24-49-52(47)44-19-4-7-23-48(44)54-49)46-21-6-3-17-42(46)38-28-31-51-45(33-38)43-18-5-8-25-50(43)55-51/h1-33H. The van der Waals surface area contributed by atoms with Crippen LogP contribution in [0.25, 0.3) is 86.3 Å². The van der Waals surface area contributed by atoms with E-state index in [0.717, 1.165) is 44.6 Å². The molecule has 0 aliphatic heterocycles. The second-order valence-corrected chi connectivity index (χ2v) is 15.1. The van der Waals surface area contributed by atoms with Gasteiger partial charge >= 0.3 is 0 Å². The van der Waals surface area contributed by atoms with Gasteiger partial charge in [-0.3, -0.25) is 0 Å². The van der Waals surface area contributed by atoms with Crippen molar-refractivity contribution in [3.8, 4) is 33.4 Å². The molecule has 2 heterocycles. The molecule has 0 saturated carbocycles. The zero-order chi connectivity index (χ0) is 36.3. The van der Waals surface area contributed by atoms with Crippen molar-refractivity contribution in [3.63, 3.8) is 0 Å². The summed E-state index contributed by atoms with van der Waals surface area (Å²) >= 11 is 1.85. The van der Waals surface area contributed by atoms with E-state index in [1.807, 2.05) is 17.4 Å². The summed E-state index contributed by atoms with van der Waals surface area (Å²) in [6.07, 6.45) is 0. The summed E-state index contributed by atoms with van der Waals surface area (Å²) in [6, 6.07) is 72.2. The molecular formula is C52H33NOS. The van der Waals surface area contributed by atoms with E-state index in [4.69, 9.17) is 4.42 Å². The number of nitrogens with zero attached hydrogens (tertiary/aromatic N) is 1. The third-order valence-corrected chi connectivity index (χ3v) is 12.0. The highest BCUT2D eigenvalue weighted by atomic mass is 32.1. The number of fused-ring (bicyclic) bond motifs is 7. The number of rotatable bonds is 6. The Morgan fingerprint density at radius 2 is 0.982 bits per heavy atom. The van der Waals surface area contributed by atoms with Gasteiger partial charge in [0.15, 0.2) is 0 Å². The van der Waals surface area contributed by atoms with Crippen LogP contribution in [0.4, 0.5) is 17.1 Å². The topological polar surface area (TPSA) is 16.4 Å². The summed E-state index contributed by atoms with van der Waals surface area (Å²) < 4.78 is 9.05. The molecule has 0 radical (unpaired) electrons. The average Bonchev–Trinajstić information content (AvgIpc) is 3.83. The lowest BCUT2D eigenvalue weighted by atomic mass is 9.95. The van der Waals surface area contributed by atoms with Gasteiger partial charge in [0.05, 0.1) is 16.8 Å². The molecule has 2 nitrogen and oxygen atoms in total. The molecule has 0 aliphatic rings. The average molecular weight is 720 g/mol. The minimum atomic E-state index is 0.870. The van der Waals surface area contributed by atoms with Gasteiger partial charge in [0, 0.05) is 36.8 Å². The highest BCUT2D eigenvalue weighted by molar-refractivity contribution is 7.25. The molecule has 0 saturated heterocycles. The summed E-state index contributed by atoms with van der Waals surface area (Å²) in [5, 5.41) is 7.30. The number of furan rings is 1. The molecule has 2 aromatic heterocycles. The smallest absolute Gasteiger partial charge is 0.137 e. The summed E-state index contributed by atoms with van der Waals surface area (Å²) in [4.78, 5) is 2.41. The molecule has 0 aliphatic carbocycles. The molecule has 3 heteroatoms. The first-order valence-corrected chi connectivity index (χ1v) is 19.5. The normalized spacial score (nSPS) is 11.6. The van der Waals surface area contributed by atoms with Crippen molar-refractivity contribution in [1.82, 2.24) is 0 Å². The highest BCUT2D eigenvalue weighted by Crippen LogP contribution is 2.47. The molecule has 0 bridgehead atoms. The lowest BCUT2D eigenvalue weighted by Crippen LogP contribution is -2.11. The molecule has 0 unspecified atom stereocenters. The summed E-state index contributed by atoms with van der Waals surface area (Å²) in [6.45, 7) is 0. The quantitative estimate of drug-likeness (QED) is 0.170. The number of hydrogen-bond acceptors (Lipinski definition) is 3. The predicted molar refractivity (Wildman–Crippen MR) is 235 cm³/mol. The number of para-hydroxylation sites is 2. The van der Waals surface area contributed by atoms with E-state index in [1.54, 1.807) is 0 Å². The van der Waals surface area contributed by atoms with Crippen LogP contribution < -0.4 is 4.90 Å². The van der Waals surface area contributed by atoms with Crippen LogP contribution >= 0.6 is 11.3 Å². The van der Waals surface area contributed by atoms with E-state index in [1.165, 1.54) is 58.8 Å². The molecule has 0 spiro atoms. The number of hydrogen-bond donors (Lipinski definition) is 0. The van der Waals surface area contributed by atoms with E-state index in [0.29, 0.717) is 0 Å². The van der Waals surface area contributed by atoms with Crippen LogP contribution in [-0.2, 0) is 0 Å². The monoisotopic (exact) mass is 719 g/mol. The Bertz CT molecular complexity index is 3220. The van der Waals surface area contributed by atoms with E-state index in [2.05, 4.69) is 199 Å². The summed E-state index contributed by atoms with van der Waals surface area (Å²) in [7, 11) is 0. The minimum absolute atomic E-state index is 0.870. The van der Waals surface area contributed by atoms with Gasteiger partial charge in [0.25, 0.3) is 0 Å². The fourth-order valence-electron chi connectivity index (χ4n) is 8.30. The molecule has 0 N–H and O–H groups in total. The minimum Gasteiger partial charge on any atom is -0.456 e. The van der Waals surface area contributed by atoms with E-state index in [9.17, 15) is 0 Å². The fourth-order valence-corrected chi connectivity index (χ4v) is 9.39.